The Kier molecular flexibility index (Phi) is 5.82. The first-order valence-electron chi connectivity index (χ1n) is 7.27. The van der Waals surface area contributed by atoms with Crippen molar-refractivity contribution >= 4 is 11.7 Å². The lowest BCUT2D eigenvalue weighted by atomic mass is 10.1. The van der Waals surface area contributed by atoms with Gasteiger partial charge in [-0.05, 0) is 30.5 Å². The highest BCUT2D eigenvalue weighted by Crippen LogP contribution is 2.06. The molecular weight excluding hydrogens is 283 g/mol. The quantitative estimate of drug-likeness (QED) is 0.824. The van der Waals surface area contributed by atoms with Crippen molar-refractivity contribution in [3.63, 3.8) is 0 Å². The van der Waals surface area contributed by atoms with Gasteiger partial charge in [-0.15, -0.1) is 0 Å². The Bertz CT molecular complexity index is 616. The summed E-state index contributed by atoms with van der Waals surface area (Å²) in [6.45, 7) is 3.25. The number of rotatable bonds is 7. The largest absolute Gasteiger partial charge is 0.370 e. The zero-order valence-corrected chi connectivity index (χ0v) is 12.5. The average Bonchev–Trinajstić information content (AvgIpc) is 2.55. The molecule has 116 valence electrons. The van der Waals surface area contributed by atoms with E-state index in [4.69, 9.17) is 0 Å². The molecule has 2 N–H and O–H groups in total. The van der Waals surface area contributed by atoms with Crippen LogP contribution in [0.15, 0.2) is 36.7 Å². The molecule has 1 heterocycles. The van der Waals surface area contributed by atoms with Gasteiger partial charge in [0.05, 0.1) is 0 Å². The van der Waals surface area contributed by atoms with Crippen molar-refractivity contribution < 1.29 is 9.18 Å². The molecule has 0 aliphatic carbocycles. The third-order valence-corrected chi connectivity index (χ3v) is 3.07. The molecular formula is C16H19FN4O. The van der Waals surface area contributed by atoms with Crippen LogP contribution in [0.5, 0.6) is 0 Å². The van der Waals surface area contributed by atoms with Crippen LogP contribution in [0.1, 0.15) is 29.4 Å². The van der Waals surface area contributed by atoms with Gasteiger partial charge in [-0.1, -0.05) is 19.1 Å². The maximum absolute atomic E-state index is 12.8. The zero-order chi connectivity index (χ0) is 15.8. The molecule has 0 spiro atoms. The van der Waals surface area contributed by atoms with E-state index in [-0.39, 0.29) is 11.7 Å². The molecule has 0 fully saturated rings. The molecule has 1 amide bonds. The van der Waals surface area contributed by atoms with Gasteiger partial charge in [0.2, 0.25) is 0 Å². The topological polar surface area (TPSA) is 66.9 Å². The lowest BCUT2D eigenvalue weighted by Gasteiger charge is -2.07. The van der Waals surface area contributed by atoms with Gasteiger partial charge in [0.15, 0.2) is 0 Å². The summed E-state index contributed by atoms with van der Waals surface area (Å²) in [6, 6.07) is 8.00. The minimum absolute atomic E-state index is 0.203. The van der Waals surface area contributed by atoms with Crippen molar-refractivity contribution in [1.82, 2.24) is 15.3 Å². The van der Waals surface area contributed by atoms with E-state index in [0.717, 1.165) is 18.4 Å². The summed E-state index contributed by atoms with van der Waals surface area (Å²) >= 11 is 0. The number of nitrogens with one attached hydrogen (secondary N) is 2. The molecule has 0 saturated heterocycles. The number of carbonyl (C=O) groups is 1. The molecule has 0 radical (unpaired) electrons. The summed E-state index contributed by atoms with van der Waals surface area (Å²) < 4.78 is 12.8. The summed E-state index contributed by atoms with van der Waals surface area (Å²) in [5.41, 5.74) is 1.37. The SMILES string of the molecule is CCCNC(=O)c1cc(NCCc2ccc(F)cc2)ncn1. The standard InChI is InChI=1S/C16H19FN4O/c1-2-8-19-16(22)14-10-15(21-11-20-14)18-9-7-12-3-5-13(17)6-4-12/h3-6,10-11H,2,7-9H2,1H3,(H,19,22)(H,18,20,21). The predicted octanol–water partition coefficient (Wildman–Crippen LogP) is 2.41. The molecule has 0 bridgehead atoms. The second kappa shape index (κ2) is 8.07. The molecule has 6 heteroatoms. The molecule has 5 nitrogen and oxygen atoms in total. The van der Waals surface area contributed by atoms with Gasteiger partial charge in [-0.3, -0.25) is 4.79 Å². The van der Waals surface area contributed by atoms with E-state index in [1.165, 1.54) is 18.5 Å². The monoisotopic (exact) mass is 302 g/mol. The molecule has 2 rings (SSSR count). The van der Waals surface area contributed by atoms with Gasteiger partial charge in [0, 0.05) is 19.2 Å². The molecule has 0 aliphatic heterocycles. The summed E-state index contributed by atoms with van der Waals surface area (Å²) in [4.78, 5) is 19.9. The highest BCUT2D eigenvalue weighted by molar-refractivity contribution is 5.92. The summed E-state index contributed by atoms with van der Waals surface area (Å²) in [5.74, 6) is 0.153. The lowest BCUT2D eigenvalue weighted by molar-refractivity contribution is 0.0948. The van der Waals surface area contributed by atoms with Crippen molar-refractivity contribution in [3.8, 4) is 0 Å². The van der Waals surface area contributed by atoms with Crippen LogP contribution in [-0.4, -0.2) is 29.0 Å². The van der Waals surface area contributed by atoms with Gasteiger partial charge < -0.3 is 10.6 Å². The van der Waals surface area contributed by atoms with Crippen molar-refractivity contribution in [1.29, 1.82) is 0 Å². The molecule has 1 aromatic carbocycles. The first-order chi connectivity index (χ1) is 10.7. The van der Waals surface area contributed by atoms with E-state index in [1.54, 1.807) is 18.2 Å². The Labute approximate surface area is 129 Å². The number of hydrogen-bond donors (Lipinski definition) is 2. The van der Waals surface area contributed by atoms with Crippen LogP contribution in [-0.2, 0) is 6.42 Å². The molecule has 22 heavy (non-hydrogen) atoms. The maximum Gasteiger partial charge on any atom is 0.270 e. The van der Waals surface area contributed by atoms with Crippen molar-refractivity contribution in [2.45, 2.75) is 19.8 Å². The second-order valence-electron chi connectivity index (χ2n) is 4.85. The number of benzene rings is 1. The highest BCUT2D eigenvalue weighted by atomic mass is 19.1. The van der Waals surface area contributed by atoms with Gasteiger partial charge >= 0.3 is 0 Å². The summed E-state index contributed by atoms with van der Waals surface area (Å²) in [5, 5.41) is 5.90. The number of anilines is 1. The number of nitrogens with zero attached hydrogens (tertiary/aromatic N) is 2. The highest BCUT2D eigenvalue weighted by Gasteiger charge is 2.07. The smallest absolute Gasteiger partial charge is 0.270 e. The van der Waals surface area contributed by atoms with Gasteiger partial charge in [0.25, 0.3) is 5.91 Å². The van der Waals surface area contributed by atoms with Crippen LogP contribution >= 0.6 is 0 Å². The van der Waals surface area contributed by atoms with Crippen LogP contribution in [0.3, 0.4) is 0 Å². The molecule has 0 saturated carbocycles. The Hall–Kier alpha value is -2.50. The Balaban J connectivity index is 1.87. The number of carbonyl (C=O) groups excluding carboxylic acids is 1. The van der Waals surface area contributed by atoms with Gasteiger partial charge in [-0.2, -0.15) is 0 Å². The van der Waals surface area contributed by atoms with Crippen molar-refractivity contribution in [3.05, 3.63) is 53.7 Å². The van der Waals surface area contributed by atoms with Crippen LogP contribution in [0.4, 0.5) is 10.2 Å². The van der Waals surface area contributed by atoms with E-state index in [2.05, 4.69) is 20.6 Å². The van der Waals surface area contributed by atoms with E-state index < -0.39 is 0 Å². The predicted molar refractivity (Wildman–Crippen MR) is 83.2 cm³/mol. The van der Waals surface area contributed by atoms with Crippen molar-refractivity contribution in [2.75, 3.05) is 18.4 Å². The fourth-order valence-electron chi connectivity index (χ4n) is 1.89. The lowest BCUT2D eigenvalue weighted by Crippen LogP contribution is -2.25. The van der Waals surface area contributed by atoms with E-state index >= 15 is 0 Å². The maximum atomic E-state index is 12.8. The number of amides is 1. The molecule has 0 unspecified atom stereocenters. The van der Waals surface area contributed by atoms with Crippen LogP contribution < -0.4 is 10.6 Å². The Morgan fingerprint density at radius 3 is 2.68 bits per heavy atom. The normalized spacial score (nSPS) is 10.3. The molecule has 2 aromatic rings. The summed E-state index contributed by atoms with van der Waals surface area (Å²) in [7, 11) is 0. The average molecular weight is 302 g/mol. The van der Waals surface area contributed by atoms with E-state index in [1.807, 2.05) is 6.92 Å². The number of aromatic nitrogens is 2. The fraction of sp³-hybridized carbons (Fsp3) is 0.312. The Morgan fingerprint density at radius 2 is 1.95 bits per heavy atom. The van der Waals surface area contributed by atoms with E-state index in [0.29, 0.717) is 24.6 Å². The first kappa shape index (κ1) is 15.9. The molecule has 1 aromatic heterocycles. The third-order valence-electron chi connectivity index (χ3n) is 3.07. The molecule has 0 atom stereocenters. The summed E-state index contributed by atoms with van der Waals surface area (Å²) in [6.07, 6.45) is 2.97. The molecule has 0 aliphatic rings. The third kappa shape index (κ3) is 4.80. The van der Waals surface area contributed by atoms with Crippen LogP contribution in [0.2, 0.25) is 0 Å². The van der Waals surface area contributed by atoms with Gasteiger partial charge in [0.1, 0.15) is 23.7 Å². The first-order valence-corrected chi connectivity index (χ1v) is 7.27. The van der Waals surface area contributed by atoms with Gasteiger partial charge in [-0.25, -0.2) is 14.4 Å². The van der Waals surface area contributed by atoms with E-state index in [9.17, 15) is 9.18 Å². The van der Waals surface area contributed by atoms with Crippen LogP contribution in [0, 0.1) is 5.82 Å². The van der Waals surface area contributed by atoms with Crippen LogP contribution in [0.25, 0.3) is 0 Å². The van der Waals surface area contributed by atoms with Crippen molar-refractivity contribution in [2.24, 2.45) is 0 Å². The second-order valence-corrected chi connectivity index (χ2v) is 4.85. The number of hydrogen-bond acceptors (Lipinski definition) is 4. The minimum atomic E-state index is -0.241. The minimum Gasteiger partial charge on any atom is -0.370 e. The number of halogens is 1. The Morgan fingerprint density at radius 1 is 1.18 bits per heavy atom. The fourth-order valence-corrected chi connectivity index (χ4v) is 1.89. The zero-order valence-electron chi connectivity index (χ0n) is 12.5.